The molecule has 4 rings (SSSR count). The van der Waals surface area contributed by atoms with Crippen LogP contribution in [0.15, 0.2) is 24.5 Å². The molecule has 0 spiro atoms. The summed E-state index contributed by atoms with van der Waals surface area (Å²) in [6, 6.07) is 3.92. The Hall–Kier alpha value is -2.42. The van der Waals surface area contributed by atoms with E-state index in [1.165, 1.54) is 0 Å². The fraction of sp³-hybridized carbons (Fsp3) is 0.579. The van der Waals surface area contributed by atoms with Crippen molar-refractivity contribution < 1.29 is 9.59 Å². The van der Waals surface area contributed by atoms with Crippen LogP contribution in [0.4, 0.5) is 5.13 Å². The van der Waals surface area contributed by atoms with Crippen LogP contribution in [0.2, 0.25) is 0 Å². The van der Waals surface area contributed by atoms with Crippen molar-refractivity contribution >= 4 is 28.3 Å². The fourth-order valence-electron chi connectivity index (χ4n) is 3.83. The number of likely N-dealkylation sites (tertiary alicyclic amines) is 1. The van der Waals surface area contributed by atoms with Gasteiger partial charge in [-0.25, -0.2) is 0 Å². The molecule has 2 fully saturated rings. The first-order valence-corrected chi connectivity index (χ1v) is 10.8. The van der Waals surface area contributed by atoms with Crippen molar-refractivity contribution in [3.8, 4) is 5.13 Å². The Kier molecular flexibility index (Phi) is 5.90. The molecule has 2 saturated heterocycles. The number of piperidine rings is 1. The van der Waals surface area contributed by atoms with E-state index >= 15 is 0 Å². The van der Waals surface area contributed by atoms with E-state index in [4.69, 9.17) is 0 Å². The first-order valence-electron chi connectivity index (χ1n) is 9.98. The number of carbonyl (C=O) groups is 2. The Morgan fingerprint density at radius 3 is 2.79 bits per heavy atom. The first kappa shape index (κ1) is 18.9. The van der Waals surface area contributed by atoms with Gasteiger partial charge in [-0.1, -0.05) is 11.3 Å². The maximum absolute atomic E-state index is 12.6. The van der Waals surface area contributed by atoms with Gasteiger partial charge in [0.2, 0.25) is 22.1 Å². The lowest BCUT2D eigenvalue weighted by Gasteiger charge is -2.31. The van der Waals surface area contributed by atoms with Crippen LogP contribution in [0.3, 0.4) is 0 Å². The van der Waals surface area contributed by atoms with Crippen molar-refractivity contribution in [2.45, 2.75) is 32.1 Å². The molecule has 1 atom stereocenters. The highest BCUT2D eigenvalue weighted by Crippen LogP contribution is 2.27. The topological polar surface area (TPSA) is 83.4 Å². The molecule has 4 heterocycles. The highest BCUT2D eigenvalue weighted by atomic mass is 32.1. The van der Waals surface area contributed by atoms with Gasteiger partial charge in [0, 0.05) is 51.5 Å². The van der Waals surface area contributed by atoms with E-state index in [-0.39, 0.29) is 17.7 Å². The van der Waals surface area contributed by atoms with Crippen LogP contribution in [-0.4, -0.2) is 64.2 Å². The van der Waals surface area contributed by atoms with Crippen molar-refractivity contribution in [1.29, 1.82) is 0 Å². The predicted molar refractivity (Wildman–Crippen MR) is 108 cm³/mol. The zero-order valence-electron chi connectivity index (χ0n) is 15.9. The molecule has 2 aromatic rings. The third-order valence-corrected chi connectivity index (χ3v) is 6.36. The molecule has 2 aliphatic heterocycles. The lowest BCUT2D eigenvalue weighted by molar-refractivity contribution is -0.127. The van der Waals surface area contributed by atoms with Gasteiger partial charge < -0.3 is 15.1 Å². The molecule has 0 aliphatic carbocycles. The lowest BCUT2D eigenvalue weighted by atomic mass is 9.97. The number of hydrogen-bond donors (Lipinski definition) is 1. The molecule has 0 bridgehead atoms. The number of amides is 2. The Morgan fingerprint density at radius 2 is 2.00 bits per heavy atom. The molecular formula is C19H26N6O2S. The van der Waals surface area contributed by atoms with Crippen LogP contribution in [0.5, 0.6) is 0 Å². The minimum absolute atomic E-state index is 0.0268. The second-order valence-corrected chi connectivity index (χ2v) is 8.31. The summed E-state index contributed by atoms with van der Waals surface area (Å²) in [7, 11) is 0. The molecule has 9 heteroatoms. The number of rotatable bonds is 7. The van der Waals surface area contributed by atoms with Gasteiger partial charge in [0.05, 0.1) is 5.92 Å². The van der Waals surface area contributed by atoms with Crippen LogP contribution in [0, 0.1) is 5.92 Å². The van der Waals surface area contributed by atoms with Gasteiger partial charge in [-0.3, -0.25) is 14.2 Å². The summed E-state index contributed by atoms with van der Waals surface area (Å²) < 4.78 is 1.94. The summed E-state index contributed by atoms with van der Waals surface area (Å²) in [5.74, 6) is 0.319. The van der Waals surface area contributed by atoms with E-state index in [1.54, 1.807) is 11.3 Å². The summed E-state index contributed by atoms with van der Waals surface area (Å²) in [4.78, 5) is 28.3. The van der Waals surface area contributed by atoms with Gasteiger partial charge in [0.15, 0.2) is 0 Å². The molecule has 0 radical (unpaired) electrons. The average Bonchev–Trinajstić information content (AvgIpc) is 3.46. The molecule has 2 aliphatic rings. The SMILES string of the molecule is O=C(NCCCN1CCCC1=O)[C@@H]1CCCN(c2nnc(-n3cccc3)s2)C1. The monoisotopic (exact) mass is 402 g/mol. The Labute approximate surface area is 168 Å². The molecule has 150 valence electrons. The van der Waals surface area contributed by atoms with Crippen molar-refractivity contribution in [2.75, 3.05) is 37.6 Å². The zero-order chi connectivity index (χ0) is 19.3. The third kappa shape index (κ3) is 4.35. The predicted octanol–water partition coefficient (Wildman–Crippen LogP) is 1.67. The van der Waals surface area contributed by atoms with Crippen LogP contribution in [0.1, 0.15) is 32.1 Å². The third-order valence-electron chi connectivity index (χ3n) is 5.37. The van der Waals surface area contributed by atoms with E-state index in [1.807, 2.05) is 34.0 Å². The van der Waals surface area contributed by atoms with Crippen molar-refractivity contribution in [1.82, 2.24) is 25.0 Å². The van der Waals surface area contributed by atoms with E-state index in [0.29, 0.717) is 19.5 Å². The number of carbonyl (C=O) groups excluding carboxylic acids is 2. The Balaban J connectivity index is 1.25. The fourth-order valence-corrected chi connectivity index (χ4v) is 4.68. The van der Waals surface area contributed by atoms with Crippen LogP contribution in [0.25, 0.3) is 5.13 Å². The number of anilines is 1. The summed E-state index contributed by atoms with van der Waals surface area (Å²) in [5, 5.41) is 13.3. The minimum atomic E-state index is -0.0268. The molecule has 2 amide bonds. The van der Waals surface area contributed by atoms with E-state index in [9.17, 15) is 9.59 Å². The number of nitrogens with zero attached hydrogens (tertiary/aromatic N) is 5. The van der Waals surface area contributed by atoms with Gasteiger partial charge in [0.25, 0.3) is 0 Å². The smallest absolute Gasteiger partial charge is 0.224 e. The molecular weight excluding hydrogens is 376 g/mol. The van der Waals surface area contributed by atoms with Crippen molar-refractivity contribution in [3.63, 3.8) is 0 Å². The van der Waals surface area contributed by atoms with Gasteiger partial charge in [0.1, 0.15) is 0 Å². The lowest BCUT2D eigenvalue weighted by Crippen LogP contribution is -2.43. The van der Waals surface area contributed by atoms with Gasteiger partial charge >= 0.3 is 0 Å². The Bertz CT molecular complexity index is 805. The highest BCUT2D eigenvalue weighted by molar-refractivity contribution is 7.17. The first-order chi connectivity index (χ1) is 13.7. The maximum Gasteiger partial charge on any atom is 0.224 e. The molecule has 0 saturated carbocycles. The number of hydrogen-bond acceptors (Lipinski definition) is 6. The molecule has 1 N–H and O–H groups in total. The summed E-state index contributed by atoms with van der Waals surface area (Å²) in [6.45, 7) is 3.80. The number of nitrogens with one attached hydrogen (secondary N) is 1. The molecule has 2 aromatic heterocycles. The molecule has 28 heavy (non-hydrogen) atoms. The maximum atomic E-state index is 12.6. The van der Waals surface area contributed by atoms with Gasteiger partial charge in [-0.2, -0.15) is 0 Å². The summed E-state index contributed by atoms with van der Waals surface area (Å²) >= 11 is 1.54. The van der Waals surface area contributed by atoms with Crippen LogP contribution < -0.4 is 10.2 Å². The average molecular weight is 403 g/mol. The van der Waals surface area contributed by atoms with Crippen molar-refractivity contribution in [2.24, 2.45) is 5.92 Å². The van der Waals surface area contributed by atoms with E-state index in [2.05, 4.69) is 20.4 Å². The van der Waals surface area contributed by atoms with E-state index < -0.39 is 0 Å². The molecule has 0 aromatic carbocycles. The number of aromatic nitrogens is 3. The van der Waals surface area contributed by atoms with Crippen LogP contribution >= 0.6 is 11.3 Å². The summed E-state index contributed by atoms with van der Waals surface area (Å²) in [6.07, 6.45) is 8.21. The molecule has 0 unspecified atom stereocenters. The Morgan fingerprint density at radius 1 is 1.18 bits per heavy atom. The minimum Gasteiger partial charge on any atom is -0.356 e. The van der Waals surface area contributed by atoms with Gasteiger partial charge in [-0.15, -0.1) is 10.2 Å². The highest BCUT2D eigenvalue weighted by Gasteiger charge is 2.27. The van der Waals surface area contributed by atoms with E-state index in [0.717, 1.165) is 55.6 Å². The zero-order valence-corrected chi connectivity index (χ0v) is 16.7. The standard InChI is InChI=1S/C19H26N6O2S/c26-16-7-4-11-23(16)13-5-8-20-17(27)15-6-3-12-25(14-15)19-22-21-18(28-19)24-9-1-2-10-24/h1-2,9-10,15H,3-8,11-14H2,(H,20,27)/t15-/m1/s1. The normalized spacial score (nSPS) is 20.0. The second-order valence-electron chi connectivity index (χ2n) is 7.37. The van der Waals surface area contributed by atoms with Gasteiger partial charge in [-0.05, 0) is 37.8 Å². The van der Waals surface area contributed by atoms with Crippen LogP contribution in [-0.2, 0) is 9.59 Å². The second kappa shape index (κ2) is 8.72. The molecule has 8 nitrogen and oxygen atoms in total. The quantitative estimate of drug-likeness (QED) is 0.713. The largest absolute Gasteiger partial charge is 0.356 e. The van der Waals surface area contributed by atoms with Crippen molar-refractivity contribution in [3.05, 3.63) is 24.5 Å². The summed E-state index contributed by atoms with van der Waals surface area (Å²) in [5.41, 5.74) is 0.